The minimum atomic E-state index is -0.700. The van der Waals surface area contributed by atoms with Gasteiger partial charge in [0, 0.05) is 27.6 Å². The molecule has 1 atom stereocenters. The number of carbonyl (C=O) groups is 3. The Balaban J connectivity index is 1.86. The third-order valence-corrected chi connectivity index (χ3v) is 5.05. The average Bonchev–Trinajstić information content (AvgIpc) is 2.94. The first-order valence-electron chi connectivity index (χ1n) is 8.01. The van der Waals surface area contributed by atoms with Gasteiger partial charge in [0.1, 0.15) is 6.04 Å². The van der Waals surface area contributed by atoms with Gasteiger partial charge in [-0.3, -0.25) is 9.59 Å². The van der Waals surface area contributed by atoms with Crippen LogP contribution in [0.5, 0.6) is 0 Å². The van der Waals surface area contributed by atoms with Crippen molar-refractivity contribution in [2.45, 2.75) is 19.9 Å². The predicted octanol–water partition coefficient (Wildman–Crippen LogP) is 2.75. The molecule has 8 heteroatoms. The third-order valence-electron chi connectivity index (χ3n) is 3.40. The van der Waals surface area contributed by atoms with Crippen LogP contribution in [0, 0.1) is 0 Å². The van der Waals surface area contributed by atoms with E-state index >= 15 is 0 Å². The molecule has 1 heterocycles. The number of fused-ring (bicyclic) bond motifs is 1. The summed E-state index contributed by atoms with van der Waals surface area (Å²) in [6.07, 6.45) is 2.78. The molecule has 0 saturated heterocycles. The minimum absolute atomic E-state index is 0.300. The predicted molar refractivity (Wildman–Crippen MR) is 103 cm³/mol. The number of esters is 1. The summed E-state index contributed by atoms with van der Waals surface area (Å²) in [7, 11) is 0. The number of carbonyl (C=O) groups excluding carboxylic acids is 3. The van der Waals surface area contributed by atoms with E-state index in [0.29, 0.717) is 11.6 Å². The minimum Gasteiger partial charge on any atom is -0.452 e. The van der Waals surface area contributed by atoms with Gasteiger partial charge in [-0.05, 0) is 26.0 Å². The Morgan fingerprint density at radius 3 is 2.73 bits per heavy atom. The first-order chi connectivity index (χ1) is 12.4. The Hall–Kier alpha value is -2.38. The van der Waals surface area contributed by atoms with Gasteiger partial charge in [-0.1, -0.05) is 29.8 Å². The molecular formula is C18H19ClN2O4S. The molecule has 0 unspecified atom stereocenters. The molecule has 138 valence electrons. The number of benzene rings is 1. The van der Waals surface area contributed by atoms with Crippen molar-refractivity contribution in [2.24, 2.45) is 0 Å². The lowest BCUT2D eigenvalue weighted by Gasteiger charge is -2.12. The molecule has 0 radical (unpaired) electrons. The van der Waals surface area contributed by atoms with Crippen LogP contribution in [0.25, 0.3) is 16.2 Å². The van der Waals surface area contributed by atoms with Gasteiger partial charge in [-0.2, -0.15) is 0 Å². The van der Waals surface area contributed by atoms with Crippen molar-refractivity contribution in [3.05, 3.63) is 40.2 Å². The number of ether oxygens (including phenoxy) is 1. The van der Waals surface area contributed by atoms with Crippen molar-refractivity contribution in [1.29, 1.82) is 0 Å². The fourth-order valence-electron chi connectivity index (χ4n) is 2.14. The van der Waals surface area contributed by atoms with E-state index in [-0.39, 0.29) is 5.91 Å². The Morgan fingerprint density at radius 1 is 1.31 bits per heavy atom. The monoisotopic (exact) mass is 394 g/mol. The van der Waals surface area contributed by atoms with E-state index in [0.717, 1.165) is 15.0 Å². The zero-order valence-electron chi connectivity index (χ0n) is 14.4. The summed E-state index contributed by atoms with van der Waals surface area (Å²) in [5.41, 5.74) is 0. The summed E-state index contributed by atoms with van der Waals surface area (Å²) < 4.78 is 5.89. The van der Waals surface area contributed by atoms with Crippen LogP contribution in [0.1, 0.15) is 18.7 Å². The highest BCUT2D eigenvalue weighted by Crippen LogP contribution is 2.35. The van der Waals surface area contributed by atoms with Crippen molar-refractivity contribution >= 4 is 56.9 Å². The highest BCUT2D eigenvalue weighted by atomic mass is 35.5. The van der Waals surface area contributed by atoms with Crippen LogP contribution in [-0.4, -0.2) is 37.0 Å². The molecule has 6 nitrogen and oxygen atoms in total. The fourth-order valence-corrected chi connectivity index (χ4v) is 3.54. The molecule has 0 aliphatic rings. The maximum Gasteiger partial charge on any atom is 0.331 e. The van der Waals surface area contributed by atoms with E-state index < -0.39 is 24.5 Å². The normalized spacial score (nSPS) is 12.1. The molecule has 2 rings (SSSR count). The van der Waals surface area contributed by atoms with Crippen molar-refractivity contribution < 1.29 is 19.1 Å². The number of likely N-dealkylation sites (N-methyl/N-ethyl adjacent to an activating group) is 1. The number of nitrogens with one attached hydrogen (secondary N) is 2. The Labute approximate surface area is 160 Å². The molecule has 0 fully saturated rings. The smallest absolute Gasteiger partial charge is 0.331 e. The summed E-state index contributed by atoms with van der Waals surface area (Å²) in [6, 6.07) is 6.96. The van der Waals surface area contributed by atoms with Crippen LogP contribution in [0.15, 0.2) is 30.3 Å². The molecule has 2 aromatic rings. The quantitative estimate of drug-likeness (QED) is 0.558. The third kappa shape index (κ3) is 5.31. The fraction of sp³-hybridized carbons (Fsp3) is 0.278. The number of hydrogen-bond donors (Lipinski definition) is 2. The molecule has 0 saturated carbocycles. The summed E-state index contributed by atoms with van der Waals surface area (Å²) in [5, 5.41) is 6.53. The molecule has 0 aliphatic carbocycles. The van der Waals surface area contributed by atoms with Crippen molar-refractivity contribution in [2.75, 3.05) is 13.2 Å². The van der Waals surface area contributed by atoms with Crippen LogP contribution in [0.3, 0.4) is 0 Å². The SMILES string of the molecule is CCNC(=O)[C@@H](C)NC(=O)COC(=O)/C=C/c1sc2ccccc2c1Cl. The van der Waals surface area contributed by atoms with Crippen LogP contribution >= 0.6 is 22.9 Å². The van der Waals surface area contributed by atoms with Crippen LogP contribution in [-0.2, 0) is 19.1 Å². The maximum absolute atomic E-state index is 11.8. The lowest BCUT2D eigenvalue weighted by molar-refractivity contribution is -0.144. The maximum atomic E-state index is 11.8. The van der Waals surface area contributed by atoms with Crippen molar-refractivity contribution in [3.63, 3.8) is 0 Å². The lowest BCUT2D eigenvalue weighted by Crippen LogP contribution is -2.46. The van der Waals surface area contributed by atoms with E-state index in [1.54, 1.807) is 19.9 Å². The number of thiophene rings is 1. The van der Waals surface area contributed by atoms with Gasteiger partial charge in [0.25, 0.3) is 5.91 Å². The van der Waals surface area contributed by atoms with Crippen LogP contribution < -0.4 is 10.6 Å². The van der Waals surface area contributed by atoms with E-state index in [4.69, 9.17) is 16.3 Å². The van der Waals surface area contributed by atoms with Gasteiger partial charge in [0.05, 0.1) is 5.02 Å². The molecule has 1 aromatic heterocycles. The summed E-state index contributed by atoms with van der Waals surface area (Å²) in [6.45, 7) is 3.34. The number of rotatable bonds is 7. The molecular weight excluding hydrogens is 376 g/mol. The first kappa shape index (κ1) is 19.9. The number of hydrogen-bond acceptors (Lipinski definition) is 5. The lowest BCUT2D eigenvalue weighted by atomic mass is 10.2. The zero-order valence-corrected chi connectivity index (χ0v) is 15.9. The summed E-state index contributed by atoms with van der Waals surface area (Å²) in [4.78, 5) is 35.7. The van der Waals surface area contributed by atoms with E-state index in [1.165, 1.54) is 17.4 Å². The highest BCUT2D eigenvalue weighted by Gasteiger charge is 2.15. The van der Waals surface area contributed by atoms with Gasteiger partial charge < -0.3 is 15.4 Å². The Morgan fingerprint density at radius 2 is 2.04 bits per heavy atom. The van der Waals surface area contributed by atoms with E-state index in [1.807, 2.05) is 24.3 Å². The van der Waals surface area contributed by atoms with Crippen LogP contribution in [0.4, 0.5) is 0 Å². The van der Waals surface area contributed by atoms with Gasteiger partial charge in [0.15, 0.2) is 6.61 Å². The van der Waals surface area contributed by atoms with E-state index in [2.05, 4.69) is 10.6 Å². The van der Waals surface area contributed by atoms with Gasteiger partial charge in [-0.25, -0.2) is 4.79 Å². The average molecular weight is 395 g/mol. The highest BCUT2D eigenvalue weighted by molar-refractivity contribution is 7.20. The second kappa shape index (κ2) is 9.35. The molecule has 2 N–H and O–H groups in total. The van der Waals surface area contributed by atoms with Gasteiger partial charge >= 0.3 is 5.97 Å². The molecule has 1 aromatic carbocycles. The second-order valence-corrected chi connectivity index (χ2v) is 6.86. The topological polar surface area (TPSA) is 84.5 Å². The van der Waals surface area contributed by atoms with Gasteiger partial charge in [-0.15, -0.1) is 11.3 Å². The molecule has 0 spiro atoms. The molecule has 26 heavy (non-hydrogen) atoms. The van der Waals surface area contributed by atoms with Crippen molar-refractivity contribution in [1.82, 2.24) is 10.6 Å². The molecule has 0 aliphatic heterocycles. The largest absolute Gasteiger partial charge is 0.452 e. The van der Waals surface area contributed by atoms with Crippen molar-refractivity contribution in [3.8, 4) is 0 Å². The standard InChI is InChI=1S/C18H19ClN2O4S/c1-3-20-18(24)11(2)21-15(22)10-25-16(23)9-8-14-17(19)12-6-4-5-7-13(12)26-14/h4-9,11H,3,10H2,1-2H3,(H,20,24)(H,21,22)/b9-8+/t11-/m1/s1. The molecule has 2 amide bonds. The number of halogens is 1. The Kier molecular flexibility index (Phi) is 7.17. The summed E-state index contributed by atoms with van der Waals surface area (Å²) >= 11 is 7.74. The van der Waals surface area contributed by atoms with E-state index in [9.17, 15) is 14.4 Å². The molecule has 0 bridgehead atoms. The van der Waals surface area contributed by atoms with Gasteiger partial charge in [0.2, 0.25) is 5.91 Å². The number of amides is 2. The zero-order chi connectivity index (χ0) is 19.1. The Bertz CT molecular complexity index is 847. The summed E-state index contributed by atoms with van der Waals surface area (Å²) in [5.74, 6) is -1.52. The second-order valence-electron chi connectivity index (χ2n) is 5.40. The van der Waals surface area contributed by atoms with Crippen LogP contribution in [0.2, 0.25) is 5.02 Å². The first-order valence-corrected chi connectivity index (χ1v) is 9.20.